The van der Waals surface area contributed by atoms with Crippen LogP contribution in [0.5, 0.6) is 5.75 Å². The molecule has 1 saturated heterocycles. The fourth-order valence-electron chi connectivity index (χ4n) is 0.875. The highest BCUT2D eigenvalue weighted by Crippen LogP contribution is 2.07. The lowest BCUT2D eigenvalue weighted by atomic mass is 10.3. The number of para-hydroxylation sites is 1. The lowest BCUT2D eigenvalue weighted by Crippen LogP contribution is -2.00. The Morgan fingerprint density at radius 1 is 1.47 bits per heavy atom. The molecule has 3 nitrogen and oxygen atoms in total. The van der Waals surface area contributed by atoms with Crippen LogP contribution in [0.2, 0.25) is 0 Å². The van der Waals surface area contributed by atoms with Crippen molar-refractivity contribution in [1.82, 2.24) is 0 Å². The number of phenolic OH excluding ortho intramolecular Hbond substituents is 1. The second kappa shape index (κ2) is 7.04. The molecule has 1 aliphatic rings. The molecule has 0 bridgehead atoms. The quantitative estimate of drug-likeness (QED) is 0.467. The van der Waals surface area contributed by atoms with Gasteiger partial charge in [-0.1, -0.05) is 24.3 Å². The fourth-order valence-corrected chi connectivity index (χ4v) is 0.875. The third kappa shape index (κ3) is 6.71. The number of hydrogen-bond donors (Lipinski definition) is 1. The van der Waals surface area contributed by atoms with Gasteiger partial charge in [-0.3, -0.25) is 0 Å². The first-order chi connectivity index (χ1) is 7.33. The monoisotopic (exact) mass is 208 g/mol. The molecule has 1 aromatic rings. The molecule has 0 aliphatic carbocycles. The largest absolute Gasteiger partial charge is 0.508 e. The third-order valence-electron chi connectivity index (χ3n) is 1.70. The van der Waals surface area contributed by atoms with Crippen LogP contribution in [0.15, 0.2) is 43.0 Å². The number of benzene rings is 1. The van der Waals surface area contributed by atoms with Gasteiger partial charge in [0.2, 0.25) is 0 Å². The van der Waals surface area contributed by atoms with Crippen LogP contribution in [0.3, 0.4) is 0 Å². The Morgan fingerprint density at radius 3 is 2.53 bits per heavy atom. The Labute approximate surface area is 90.0 Å². The number of epoxide rings is 1. The summed E-state index contributed by atoms with van der Waals surface area (Å²) in [4.78, 5) is 0. The minimum absolute atomic E-state index is 0.322. The molecule has 1 fully saturated rings. The number of ether oxygens (including phenoxy) is 2. The van der Waals surface area contributed by atoms with E-state index in [9.17, 15) is 0 Å². The van der Waals surface area contributed by atoms with Crippen molar-refractivity contribution in [3.63, 3.8) is 0 Å². The summed E-state index contributed by atoms with van der Waals surface area (Å²) in [6, 6.07) is 8.71. The van der Waals surface area contributed by atoms with Crippen molar-refractivity contribution in [1.29, 1.82) is 0 Å². The Morgan fingerprint density at radius 2 is 2.13 bits per heavy atom. The first kappa shape index (κ1) is 11.8. The molecule has 0 saturated carbocycles. The molecule has 15 heavy (non-hydrogen) atoms. The van der Waals surface area contributed by atoms with Gasteiger partial charge in [-0.05, 0) is 12.1 Å². The van der Waals surface area contributed by atoms with E-state index >= 15 is 0 Å². The summed E-state index contributed by atoms with van der Waals surface area (Å²) in [5.41, 5.74) is 0. The summed E-state index contributed by atoms with van der Waals surface area (Å²) in [7, 11) is 0. The van der Waals surface area contributed by atoms with Gasteiger partial charge in [0.15, 0.2) is 0 Å². The Hall–Kier alpha value is -1.32. The van der Waals surface area contributed by atoms with Crippen molar-refractivity contribution < 1.29 is 14.6 Å². The number of rotatable bonds is 4. The van der Waals surface area contributed by atoms with E-state index in [1.807, 2.05) is 6.07 Å². The summed E-state index contributed by atoms with van der Waals surface area (Å²) in [5.74, 6) is 0.322. The molecule has 3 heteroatoms. The van der Waals surface area contributed by atoms with E-state index in [0.29, 0.717) is 18.5 Å². The van der Waals surface area contributed by atoms with Crippen LogP contribution in [0.4, 0.5) is 0 Å². The van der Waals surface area contributed by atoms with Crippen LogP contribution in [-0.2, 0) is 9.47 Å². The summed E-state index contributed by atoms with van der Waals surface area (Å²) in [5, 5.41) is 8.63. The molecular weight excluding hydrogens is 192 g/mol. The molecule has 2 rings (SSSR count). The Balaban J connectivity index is 0.000000151. The summed E-state index contributed by atoms with van der Waals surface area (Å²) in [6.07, 6.45) is 2.12. The van der Waals surface area contributed by atoms with Crippen LogP contribution in [0.1, 0.15) is 0 Å². The van der Waals surface area contributed by atoms with Gasteiger partial charge in [-0.25, -0.2) is 0 Å². The highest BCUT2D eigenvalue weighted by Gasteiger charge is 2.21. The van der Waals surface area contributed by atoms with Gasteiger partial charge < -0.3 is 14.6 Å². The van der Waals surface area contributed by atoms with Crippen LogP contribution >= 0.6 is 0 Å². The van der Waals surface area contributed by atoms with E-state index in [4.69, 9.17) is 14.6 Å². The molecule has 1 N–H and O–H groups in total. The zero-order valence-electron chi connectivity index (χ0n) is 8.63. The van der Waals surface area contributed by atoms with Crippen molar-refractivity contribution >= 4 is 0 Å². The number of aromatic hydroxyl groups is 1. The van der Waals surface area contributed by atoms with Gasteiger partial charge in [-0.15, -0.1) is 6.58 Å². The molecule has 0 amide bonds. The molecule has 82 valence electrons. The summed E-state index contributed by atoms with van der Waals surface area (Å²) in [6.45, 7) is 5.75. The maximum atomic E-state index is 8.63. The van der Waals surface area contributed by atoms with E-state index < -0.39 is 0 Å². The topological polar surface area (TPSA) is 42.0 Å². The normalized spacial score (nSPS) is 17.5. The predicted octanol–water partition coefficient (Wildman–Crippen LogP) is 1.98. The highest BCUT2D eigenvalue weighted by atomic mass is 16.6. The van der Waals surface area contributed by atoms with Crippen molar-refractivity contribution in [2.75, 3.05) is 19.8 Å². The van der Waals surface area contributed by atoms with E-state index in [0.717, 1.165) is 13.2 Å². The van der Waals surface area contributed by atoms with Crippen molar-refractivity contribution in [2.24, 2.45) is 0 Å². The average Bonchev–Trinajstić information content (AvgIpc) is 3.04. The minimum atomic E-state index is 0.322. The van der Waals surface area contributed by atoms with Crippen LogP contribution in [-0.4, -0.2) is 31.0 Å². The lowest BCUT2D eigenvalue weighted by Gasteiger charge is -1.92. The summed E-state index contributed by atoms with van der Waals surface area (Å²) < 4.78 is 9.96. The molecule has 0 aromatic heterocycles. The van der Waals surface area contributed by atoms with Crippen LogP contribution in [0.25, 0.3) is 0 Å². The molecule has 1 atom stereocenters. The average molecular weight is 208 g/mol. The van der Waals surface area contributed by atoms with Gasteiger partial charge in [0.1, 0.15) is 11.9 Å². The fraction of sp³-hybridized carbons (Fsp3) is 0.333. The second-order valence-corrected chi connectivity index (χ2v) is 3.12. The second-order valence-electron chi connectivity index (χ2n) is 3.12. The van der Waals surface area contributed by atoms with E-state index in [2.05, 4.69) is 6.58 Å². The Kier molecular flexibility index (Phi) is 5.51. The van der Waals surface area contributed by atoms with Gasteiger partial charge in [-0.2, -0.15) is 0 Å². The third-order valence-corrected chi connectivity index (χ3v) is 1.70. The minimum Gasteiger partial charge on any atom is -0.508 e. The first-order valence-electron chi connectivity index (χ1n) is 4.87. The molecule has 1 unspecified atom stereocenters. The van der Waals surface area contributed by atoms with Gasteiger partial charge in [0.05, 0.1) is 19.8 Å². The number of phenols is 1. The predicted molar refractivity (Wildman–Crippen MR) is 58.9 cm³/mol. The smallest absolute Gasteiger partial charge is 0.115 e. The van der Waals surface area contributed by atoms with Gasteiger partial charge >= 0.3 is 0 Å². The van der Waals surface area contributed by atoms with E-state index in [1.165, 1.54) is 0 Å². The summed E-state index contributed by atoms with van der Waals surface area (Å²) >= 11 is 0. The first-order valence-corrected chi connectivity index (χ1v) is 4.87. The van der Waals surface area contributed by atoms with Crippen molar-refractivity contribution in [3.05, 3.63) is 43.0 Å². The molecular formula is C12H16O3. The zero-order valence-corrected chi connectivity index (χ0v) is 8.63. The van der Waals surface area contributed by atoms with Crippen molar-refractivity contribution in [2.45, 2.75) is 6.10 Å². The molecule has 1 aliphatic heterocycles. The van der Waals surface area contributed by atoms with Gasteiger partial charge in [0, 0.05) is 0 Å². The van der Waals surface area contributed by atoms with E-state index in [-0.39, 0.29) is 0 Å². The standard InChI is InChI=1S/C6H10O2.C6H6O/c1-2-3-7-4-6-5-8-6;7-6-4-2-1-3-5-6/h2,6H,1,3-5H2;1-5,7H. The van der Waals surface area contributed by atoms with Crippen LogP contribution in [0, 0.1) is 0 Å². The molecule has 0 radical (unpaired) electrons. The molecule has 1 heterocycles. The number of hydrogen-bond acceptors (Lipinski definition) is 3. The maximum Gasteiger partial charge on any atom is 0.115 e. The SMILES string of the molecule is C=CCOCC1CO1.Oc1ccccc1. The molecule has 0 spiro atoms. The van der Waals surface area contributed by atoms with Crippen molar-refractivity contribution in [3.8, 4) is 5.75 Å². The highest BCUT2D eigenvalue weighted by molar-refractivity contribution is 5.18. The Bertz CT molecular complexity index is 267. The molecule has 1 aromatic carbocycles. The van der Waals surface area contributed by atoms with Gasteiger partial charge in [0.25, 0.3) is 0 Å². The maximum absolute atomic E-state index is 8.63. The van der Waals surface area contributed by atoms with E-state index in [1.54, 1.807) is 30.3 Å². The zero-order chi connectivity index (χ0) is 10.9. The van der Waals surface area contributed by atoms with Crippen LogP contribution < -0.4 is 0 Å². The lowest BCUT2D eigenvalue weighted by molar-refractivity contribution is 0.141.